The Labute approximate surface area is 197 Å². The van der Waals surface area contributed by atoms with E-state index in [1.165, 1.54) is 31.3 Å². The highest BCUT2D eigenvalue weighted by Crippen LogP contribution is 2.36. The van der Waals surface area contributed by atoms with Gasteiger partial charge in [-0.15, -0.1) is 0 Å². The molecule has 0 aromatic heterocycles. The summed E-state index contributed by atoms with van der Waals surface area (Å²) in [6.07, 6.45) is 0.963. The molecule has 1 saturated heterocycles. The van der Waals surface area contributed by atoms with Crippen LogP contribution in [-0.2, 0) is 16.1 Å². The quantitative estimate of drug-likeness (QED) is 0.321. The summed E-state index contributed by atoms with van der Waals surface area (Å²) in [5, 5.41) is 14.6. The maximum absolute atomic E-state index is 13.2. The van der Waals surface area contributed by atoms with Crippen LogP contribution in [0.15, 0.2) is 42.5 Å². The monoisotopic (exact) mass is 471 g/mol. The summed E-state index contributed by atoms with van der Waals surface area (Å²) in [6.45, 7) is 1.58. The van der Waals surface area contributed by atoms with Crippen LogP contribution in [0.2, 0.25) is 0 Å². The van der Waals surface area contributed by atoms with Gasteiger partial charge in [-0.1, -0.05) is 30.3 Å². The molecule has 0 bridgehead atoms. The van der Waals surface area contributed by atoms with Gasteiger partial charge < -0.3 is 24.4 Å². The lowest BCUT2D eigenvalue weighted by molar-refractivity contribution is -0.385. The van der Waals surface area contributed by atoms with Crippen LogP contribution in [0, 0.1) is 16.0 Å². The number of benzene rings is 2. The van der Waals surface area contributed by atoms with E-state index in [9.17, 15) is 19.7 Å². The van der Waals surface area contributed by atoms with Gasteiger partial charge in [-0.3, -0.25) is 19.7 Å². The molecule has 1 N–H and O–H groups in total. The molecule has 3 rings (SSSR count). The zero-order valence-electron chi connectivity index (χ0n) is 19.3. The summed E-state index contributed by atoms with van der Waals surface area (Å²) >= 11 is 0. The van der Waals surface area contributed by atoms with Crippen molar-refractivity contribution >= 4 is 17.5 Å². The molecule has 10 heteroatoms. The van der Waals surface area contributed by atoms with Gasteiger partial charge >= 0.3 is 0 Å². The molecule has 2 aromatic rings. The molecule has 34 heavy (non-hydrogen) atoms. The van der Waals surface area contributed by atoms with Crippen LogP contribution in [0.25, 0.3) is 0 Å². The number of carbonyl (C=O) groups is 2. The Bertz CT molecular complexity index is 1010. The first-order valence-corrected chi connectivity index (χ1v) is 11.0. The minimum absolute atomic E-state index is 0.0545. The smallest absolute Gasteiger partial charge is 0.286 e. The number of rotatable bonds is 10. The number of carbonyl (C=O) groups excluding carboxylic acids is 2. The third-order valence-electron chi connectivity index (χ3n) is 5.72. The number of likely N-dealkylation sites (tertiary alicyclic amines) is 1. The summed E-state index contributed by atoms with van der Waals surface area (Å²) in [6, 6.07) is 12.2. The lowest BCUT2D eigenvalue weighted by atomic mass is 9.95. The van der Waals surface area contributed by atoms with Crippen molar-refractivity contribution in [2.24, 2.45) is 5.92 Å². The molecule has 2 amide bonds. The molecule has 0 atom stereocenters. The Hall–Kier alpha value is -3.66. The first-order chi connectivity index (χ1) is 16.4. The first-order valence-electron chi connectivity index (χ1n) is 11.0. The number of hydrogen-bond acceptors (Lipinski definition) is 7. The summed E-state index contributed by atoms with van der Waals surface area (Å²) in [7, 11) is 2.92. The van der Waals surface area contributed by atoms with Crippen LogP contribution >= 0.6 is 0 Å². The maximum atomic E-state index is 13.2. The van der Waals surface area contributed by atoms with E-state index < -0.39 is 10.8 Å². The van der Waals surface area contributed by atoms with E-state index in [0.717, 1.165) is 5.56 Å². The van der Waals surface area contributed by atoms with Crippen LogP contribution in [0.1, 0.15) is 28.8 Å². The fourth-order valence-corrected chi connectivity index (χ4v) is 3.82. The second kappa shape index (κ2) is 12.0. The lowest BCUT2D eigenvalue weighted by Gasteiger charge is -2.31. The minimum Gasteiger partial charge on any atom is -0.493 e. The van der Waals surface area contributed by atoms with E-state index in [4.69, 9.17) is 14.2 Å². The third-order valence-corrected chi connectivity index (χ3v) is 5.72. The second-order valence-electron chi connectivity index (χ2n) is 7.89. The van der Waals surface area contributed by atoms with Crippen LogP contribution < -0.4 is 14.8 Å². The molecule has 1 heterocycles. The predicted octanol–water partition coefficient (Wildman–Crippen LogP) is 2.80. The number of methoxy groups -OCH3 is 2. The van der Waals surface area contributed by atoms with Crippen LogP contribution in [0.3, 0.4) is 0 Å². The van der Waals surface area contributed by atoms with E-state index in [0.29, 0.717) is 39.1 Å². The normalized spacial score (nSPS) is 13.9. The van der Waals surface area contributed by atoms with Gasteiger partial charge in [0.15, 0.2) is 11.5 Å². The average Bonchev–Trinajstić information content (AvgIpc) is 2.87. The van der Waals surface area contributed by atoms with E-state index >= 15 is 0 Å². The lowest BCUT2D eigenvalue weighted by Crippen LogP contribution is -2.43. The molecule has 1 aliphatic heterocycles. The zero-order valence-corrected chi connectivity index (χ0v) is 19.3. The number of nitro groups is 1. The SMILES string of the molecule is COCCOc1cc([N+](=O)[O-])c(C(=O)N2CCC(C(=O)NCc3ccccc3)CC2)cc1OC. The number of ether oxygens (including phenoxy) is 3. The van der Waals surface area contributed by atoms with Crippen molar-refractivity contribution in [3.05, 3.63) is 63.7 Å². The first kappa shape index (κ1) is 25.0. The number of hydrogen-bond donors (Lipinski definition) is 1. The molecule has 1 fully saturated rings. The molecule has 10 nitrogen and oxygen atoms in total. The fraction of sp³-hybridized carbons (Fsp3) is 0.417. The maximum Gasteiger partial charge on any atom is 0.286 e. The Morgan fingerprint density at radius 3 is 2.41 bits per heavy atom. The standard InChI is InChI=1S/C24H29N3O7/c1-32-12-13-34-22-15-20(27(30)31)19(14-21(22)33-2)24(29)26-10-8-18(9-11-26)23(28)25-16-17-6-4-3-5-7-17/h3-7,14-15,18H,8-13,16H2,1-2H3,(H,25,28). The molecule has 0 unspecified atom stereocenters. The molecule has 0 saturated carbocycles. The third kappa shape index (κ3) is 6.22. The van der Waals surface area contributed by atoms with Crippen molar-refractivity contribution in [1.82, 2.24) is 10.2 Å². The van der Waals surface area contributed by atoms with Gasteiger partial charge in [0.2, 0.25) is 5.91 Å². The number of piperidine rings is 1. The van der Waals surface area contributed by atoms with Crippen molar-refractivity contribution in [2.45, 2.75) is 19.4 Å². The van der Waals surface area contributed by atoms with Gasteiger partial charge in [0, 0.05) is 38.7 Å². The van der Waals surface area contributed by atoms with Gasteiger partial charge in [-0.25, -0.2) is 0 Å². The highest BCUT2D eigenvalue weighted by atomic mass is 16.6. The summed E-state index contributed by atoms with van der Waals surface area (Å²) in [5.74, 6) is -0.358. The number of nitrogens with one attached hydrogen (secondary N) is 1. The van der Waals surface area contributed by atoms with E-state index in [-0.39, 0.29) is 41.2 Å². The highest BCUT2D eigenvalue weighted by Gasteiger charge is 2.32. The van der Waals surface area contributed by atoms with Crippen LogP contribution in [-0.4, -0.2) is 62.2 Å². The second-order valence-corrected chi connectivity index (χ2v) is 7.89. The van der Waals surface area contributed by atoms with Gasteiger partial charge in [0.05, 0.1) is 24.7 Å². The van der Waals surface area contributed by atoms with Gasteiger partial charge in [0.1, 0.15) is 12.2 Å². The van der Waals surface area contributed by atoms with Crippen molar-refractivity contribution < 1.29 is 28.7 Å². The minimum atomic E-state index is -0.611. The van der Waals surface area contributed by atoms with Crippen molar-refractivity contribution in [3.8, 4) is 11.5 Å². The number of nitrogens with zero attached hydrogens (tertiary/aromatic N) is 2. The zero-order chi connectivity index (χ0) is 24.5. The fourth-order valence-electron chi connectivity index (χ4n) is 3.82. The van der Waals surface area contributed by atoms with E-state index in [2.05, 4.69) is 5.32 Å². The van der Waals surface area contributed by atoms with Crippen LogP contribution in [0.4, 0.5) is 5.69 Å². The van der Waals surface area contributed by atoms with E-state index in [1.807, 2.05) is 30.3 Å². The van der Waals surface area contributed by atoms with Crippen LogP contribution in [0.5, 0.6) is 11.5 Å². The van der Waals surface area contributed by atoms with Gasteiger partial charge in [-0.2, -0.15) is 0 Å². The average molecular weight is 472 g/mol. The molecule has 1 aliphatic rings. The number of nitro benzene ring substituents is 1. The largest absolute Gasteiger partial charge is 0.493 e. The van der Waals surface area contributed by atoms with Crippen molar-refractivity contribution in [1.29, 1.82) is 0 Å². The summed E-state index contributed by atoms with van der Waals surface area (Å²) in [4.78, 5) is 38.3. The Kier molecular flexibility index (Phi) is 8.80. The molecule has 0 radical (unpaired) electrons. The topological polar surface area (TPSA) is 120 Å². The summed E-state index contributed by atoms with van der Waals surface area (Å²) < 4.78 is 15.7. The molecular formula is C24H29N3O7. The molecule has 2 aromatic carbocycles. The molecular weight excluding hydrogens is 442 g/mol. The van der Waals surface area contributed by atoms with Gasteiger partial charge in [0.25, 0.3) is 11.6 Å². The van der Waals surface area contributed by atoms with Gasteiger partial charge in [-0.05, 0) is 18.4 Å². The predicted molar refractivity (Wildman–Crippen MR) is 124 cm³/mol. The molecule has 0 aliphatic carbocycles. The van der Waals surface area contributed by atoms with Crippen molar-refractivity contribution in [3.63, 3.8) is 0 Å². The molecule has 0 spiro atoms. The van der Waals surface area contributed by atoms with E-state index in [1.54, 1.807) is 0 Å². The molecule has 182 valence electrons. The number of amides is 2. The summed E-state index contributed by atoms with van der Waals surface area (Å²) in [5.41, 5.74) is 0.577. The Morgan fingerprint density at radius 1 is 1.09 bits per heavy atom. The highest BCUT2D eigenvalue weighted by molar-refractivity contribution is 5.99. The Balaban J connectivity index is 1.65. The Morgan fingerprint density at radius 2 is 1.79 bits per heavy atom. The van der Waals surface area contributed by atoms with Crippen molar-refractivity contribution in [2.75, 3.05) is 40.5 Å².